The van der Waals surface area contributed by atoms with E-state index in [-0.39, 0.29) is 5.75 Å². The Hall–Kier alpha value is -1.81. The minimum atomic E-state index is 0.268. The minimum Gasteiger partial charge on any atom is -0.506 e. The maximum atomic E-state index is 9.90. The number of aromatic hydroxyl groups is 1. The number of rotatable bonds is 2. The maximum Gasteiger partial charge on any atom is 0.141 e. The topological polar surface area (TPSA) is 64.1 Å². The van der Waals surface area contributed by atoms with Gasteiger partial charge in [0.15, 0.2) is 0 Å². The molecule has 4 nitrogen and oxygen atoms in total. The molecule has 1 heterocycles. The molecule has 0 bridgehead atoms. The molecule has 0 saturated heterocycles. The van der Waals surface area contributed by atoms with E-state index in [4.69, 9.17) is 5.73 Å². The number of hydrogen-bond donors (Lipinski definition) is 2. The highest BCUT2D eigenvalue weighted by molar-refractivity contribution is 5.47. The molecule has 4 heteroatoms. The van der Waals surface area contributed by atoms with Gasteiger partial charge in [0.1, 0.15) is 11.4 Å². The number of phenols is 1. The Kier molecular flexibility index (Phi) is 2.80. The van der Waals surface area contributed by atoms with Crippen molar-refractivity contribution in [1.82, 2.24) is 9.78 Å². The molecule has 1 aliphatic carbocycles. The van der Waals surface area contributed by atoms with Crippen molar-refractivity contribution in [1.29, 1.82) is 0 Å². The van der Waals surface area contributed by atoms with Crippen LogP contribution in [0.25, 0.3) is 5.69 Å². The van der Waals surface area contributed by atoms with E-state index in [0.29, 0.717) is 5.92 Å². The zero-order valence-corrected chi connectivity index (χ0v) is 10.2. The summed E-state index contributed by atoms with van der Waals surface area (Å²) >= 11 is 0. The van der Waals surface area contributed by atoms with Crippen molar-refractivity contribution in [3.8, 4) is 11.4 Å². The summed E-state index contributed by atoms with van der Waals surface area (Å²) in [4.78, 5) is 0. The lowest BCUT2D eigenvalue weighted by molar-refractivity contribution is 0.455. The Bertz CT molecular complexity index is 562. The Labute approximate surface area is 106 Å². The normalized spacial score (nSPS) is 18.6. The highest BCUT2D eigenvalue weighted by Gasteiger charge is 2.22. The zero-order chi connectivity index (χ0) is 12.5. The quantitative estimate of drug-likeness (QED) is 0.842. The second kappa shape index (κ2) is 4.46. The monoisotopic (exact) mass is 243 g/mol. The SMILES string of the molecule is NCC1CCc2c(cnn2-c2ccccc2O)C1. The summed E-state index contributed by atoms with van der Waals surface area (Å²) < 4.78 is 1.86. The second-order valence-corrected chi connectivity index (χ2v) is 4.86. The van der Waals surface area contributed by atoms with Crippen LogP contribution in [0.1, 0.15) is 17.7 Å². The van der Waals surface area contributed by atoms with Crippen molar-refractivity contribution in [2.75, 3.05) is 6.54 Å². The van der Waals surface area contributed by atoms with Gasteiger partial charge >= 0.3 is 0 Å². The molecule has 0 fully saturated rings. The summed E-state index contributed by atoms with van der Waals surface area (Å²) in [6.45, 7) is 0.737. The number of nitrogens with two attached hydrogens (primary N) is 1. The summed E-state index contributed by atoms with van der Waals surface area (Å²) in [5.41, 5.74) is 8.96. The van der Waals surface area contributed by atoms with Crippen molar-refractivity contribution < 1.29 is 5.11 Å². The number of hydrogen-bond acceptors (Lipinski definition) is 3. The average molecular weight is 243 g/mol. The molecule has 1 aromatic carbocycles. The predicted molar refractivity (Wildman–Crippen MR) is 69.8 cm³/mol. The highest BCUT2D eigenvalue weighted by Crippen LogP contribution is 2.29. The molecule has 0 saturated carbocycles. The second-order valence-electron chi connectivity index (χ2n) is 4.86. The first-order valence-electron chi connectivity index (χ1n) is 6.34. The Morgan fingerprint density at radius 1 is 1.39 bits per heavy atom. The molecule has 18 heavy (non-hydrogen) atoms. The van der Waals surface area contributed by atoms with Crippen molar-refractivity contribution in [3.63, 3.8) is 0 Å². The number of benzene rings is 1. The number of nitrogens with zero attached hydrogens (tertiary/aromatic N) is 2. The average Bonchev–Trinajstić information content (AvgIpc) is 2.82. The third-order valence-electron chi connectivity index (χ3n) is 3.70. The van der Waals surface area contributed by atoms with E-state index in [1.807, 2.05) is 29.1 Å². The highest BCUT2D eigenvalue weighted by atomic mass is 16.3. The minimum absolute atomic E-state index is 0.268. The van der Waals surface area contributed by atoms with Gasteiger partial charge in [0.05, 0.1) is 6.20 Å². The van der Waals surface area contributed by atoms with E-state index in [1.165, 1.54) is 11.3 Å². The molecular formula is C14H17N3O. The lowest BCUT2D eigenvalue weighted by atomic mass is 9.88. The molecule has 0 aliphatic heterocycles. The van der Waals surface area contributed by atoms with Crippen molar-refractivity contribution >= 4 is 0 Å². The molecule has 94 valence electrons. The lowest BCUT2D eigenvalue weighted by Gasteiger charge is -2.21. The van der Waals surface area contributed by atoms with E-state index in [0.717, 1.165) is 31.5 Å². The molecule has 1 aromatic heterocycles. The summed E-state index contributed by atoms with van der Waals surface area (Å²) in [6, 6.07) is 7.31. The predicted octanol–water partition coefficient (Wildman–Crippen LogP) is 1.64. The van der Waals surface area contributed by atoms with Gasteiger partial charge in [-0.15, -0.1) is 0 Å². The number of aromatic nitrogens is 2. The van der Waals surface area contributed by atoms with E-state index < -0.39 is 0 Å². The molecule has 0 spiro atoms. The molecule has 1 unspecified atom stereocenters. The molecule has 1 aliphatic rings. The first-order chi connectivity index (χ1) is 8.79. The van der Waals surface area contributed by atoms with Crippen molar-refractivity contribution in [2.24, 2.45) is 11.7 Å². The fourth-order valence-corrected chi connectivity index (χ4v) is 2.65. The van der Waals surface area contributed by atoms with Crippen LogP contribution in [0, 0.1) is 5.92 Å². The van der Waals surface area contributed by atoms with Crippen LogP contribution in [0.5, 0.6) is 5.75 Å². The van der Waals surface area contributed by atoms with Gasteiger partial charge in [-0.1, -0.05) is 12.1 Å². The van der Waals surface area contributed by atoms with Crippen LogP contribution in [0.2, 0.25) is 0 Å². The van der Waals surface area contributed by atoms with E-state index in [2.05, 4.69) is 5.10 Å². The van der Waals surface area contributed by atoms with E-state index in [9.17, 15) is 5.11 Å². The molecule has 1 atom stereocenters. The first-order valence-corrected chi connectivity index (χ1v) is 6.34. The third-order valence-corrected chi connectivity index (χ3v) is 3.70. The summed E-state index contributed by atoms with van der Waals surface area (Å²) in [5.74, 6) is 0.837. The largest absolute Gasteiger partial charge is 0.506 e. The van der Waals surface area contributed by atoms with Gasteiger partial charge in [0.2, 0.25) is 0 Å². The lowest BCUT2D eigenvalue weighted by Crippen LogP contribution is -2.22. The van der Waals surface area contributed by atoms with Crippen LogP contribution in [0.3, 0.4) is 0 Å². The van der Waals surface area contributed by atoms with Gasteiger partial charge in [-0.3, -0.25) is 0 Å². The Morgan fingerprint density at radius 2 is 2.22 bits per heavy atom. The summed E-state index contributed by atoms with van der Waals surface area (Å²) in [7, 11) is 0. The smallest absolute Gasteiger partial charge is 0.141 e. The fourth-order valence-electron chi connectivity index (χ4n) is 2.65. The van der Waals surface area contributed by atoms with Crippen molar-refractivity contribution in [3.05, 3.63) is 41.7 Å². The van der Waals surface area contributed by atoms with E-state index in [1.54, 1.807) is 6.07 Å². The van der Waals surface area contributed by atoms with Gasteiger partial charge in [-0.2, -0.15) is 5.10 Å². The molecular weight excluding hydrogens is 226 g/mol. The maximum absolute atomic E-state index is 9.90. The van der Waals surface area contributed by atoms with Crippen LogP contribution in [0.4, 0.5) is 0 Å². The van der Waals surface area contributed by atoms with Crippen LogP contribution in [-0.4, -0.2) is 21.4 Å². The van der Waals surface area contributed by atoms with Gasteiger partial charge < -0.3 is 10.8 Å². The number of phenolic OH excluding ortho intramolecular Hbond substituents is 1. The standard InChI is InChI=1S/C14H17N3O/c15-8-10-5-6-12-11(7-10)9-16-17(12)13-3-1-2-4-14(13)18/h1-4,9-10,18H,5-8,15H2. The number of para-hydroxylation sites is 2. The van der Waals surface area contributed by atoms with Gasteiger partial charge in [-0.05, 0) is 49.4 Å². The number of fused-ring (bicyclic) bond motifs is 1. The summed E-state index contributed by atoms with van der Waals surface area (Å²) in [6.07, 6.45) is 4.98. The first kappa shape index (κ1) is 11.3. The van der Waals surface area contributed by atoms with Crippen LogP contribution in [-0.2, 0) is 12.8 Å². The zero-order valence-electron chi connectivity index (χ0n) is 10.2. The molecule has 0 radical (unpaired) electrons. The molecule has 0 amide bonds. The van der Waals surface area contributed by atoms with E-state index >= 15 is 0 Å². The Morgan fingerprint density at radius 3 is 3.00 bits per heavy atom. The van der Waals surface area contributed by atoms with Gasteiger partial charge in [-0.25, -0.2) is 4.68 Å². The van der Waals surface area contributed by atoms with Gasteiger partial charge in [0.25, 0.3) is 0 Å². The summed E-state index contributed by atoms with van der Waals surface area (Å²) in [5, 5.41) is 14.3. The van der Waals surface area contributed by atoms with Crippen LogP contribution in [0.15, 0.2) is 30.5 Å². The van der Waals surface area contributed by atoms with Crippen LogP contribution < -0.4 is 5.73 Å². The third kappa shape index (κ3) is 1.78. The molecule has 2 aromatic rings. The molecule has 3 N–H and O–H groups in total. The van der Waals surface area contributed by atoms with Gasteiger partial charge in [0, 0.05) is 5.69 Å². The molecule has 3 rings (SSSR count). The Balaban J connectivity index is 2.01. The fraction of sp³-hybridized carbons (Fsp3) is 0.357. The van der Waals surface area contributed by atoms with Crippen LogP contribution >= 0.6 is 0 Å². The van der Waals surface area contributed by atoms with Crippen molar-refractivity contribution in [2.45, 2.75) is 19.3 Å².